The van der Waals surface area contributed by atoms with E-state index in [0.29, 0.717) is 13.2 Å². The minimum atomic E-state index is -0.0732. The molecule has 0 aliphatic rings. The van der Waals surface area contributed by atoms with E-state index in [1.165, 1.54) is 5.56 Å². The highest BCUT2D eigenvalue weighted by Gasteiger charge is 2.05. The molecule has 0 saturated carbocycles. The number of nitrogens with zero attached hydrogens (tertiary/aromatic N) is 1. The predicted molar refractivity (Wildman–Crippen MR) is 68.0 cm³/mol. The Hall–Kier alpha value is -1.55. The van der Waals surface area contributed by atoms with Crippen molar-refractivity contribution in [3.8, 4) is 5.75 Å². The van der Waals surface area contributed by atoms with E-state index < -0.39 is 0 Å². The Kier molecular flexibility index (Phi) is 5.49. The van der Waals surface area contributed by atoms with Crippen LogP contribution in [0.2, 0.25) is 0 Å². The van der Waals surface area contributed by atoms with E-state index in [-0.39, 0.29) is 12.5 Å². The number of likely N-dealkylation sites (N-methyl/N-ethyl adjacent to an activating group) is 1. The first kappa shape index (κ1) is 13.5. The molecule has 94 valence electrons. The van der Waals surface area contributed by atoms with Crippen molar-refractivity contribution in [1.82, 2.24) is 4.90 Å². The van der Waals surface area contributed by atoms with Crippen LogP contribution in [-0.2, 0) is 11.2 Å². The Morgan fingerprint density at radius 3 is 2.88 bits per heavy atom. The molecule has 0 bridgehead atoms. The van der Waals surface area contributed by atoms with Gasteiger partial charge in [-0.3, -0.25) is 4.79 Å². The summed E-state index contributed by atoms with van der Waals surface area (Å²) in [5.41, 5.74) is 6.51. The van der Waals surface area contributed by atoms with Gasteiger partial charge in [0.1, 0.15) is 12.4 Å². The molecule has 0 spiro atoms. The molecule has 0 aromatic heterocycles. The molecule has 0 radical (unpaired) electrons. The summed E-state index contributed by atoms with van der Waals surface area (Å²) in [7, 11) is 1.72. The number of hydrogen-bond acceptors (Lipinski definition) is 3. The van der Waals surface area contributed by atoms with Gasteiger partial charge in [0.2, 0.25) is 5.91 Å². The maximum atomic E-state index is 11.2. The van der Waals surface area contributed by atoms with Crippen LogP contribution >= 0.6 is 0 Å². The van der Waals surface area contributed by atoms with Gasteiger partial charge in [-0.05, 0) is 24.1 Å². The molecule has 0 saturated heterocycles. The lowest BCUT2D eigenvalue weighted by atomic mass is 10.2. The number of amides is 1. The van der Waals surface area contributed by atoms with Gasteiger partial charge in [-0.25, -0.2) is 0 Å². The van der Waals surface area contributed by atoms with Crippen LogP contribution in [0.1, 0.15) is 12.5 Å². The van der Waals surface area contributed by atoms with Crippen molar-refractivity contribution in [3.05, 3.63) is 29.8 Å². The number of nitrogens with two attached hydrogens (primary N) is 1. The van der Waals surface area contributed by atoms with Crippen LogP contribution in [0.5, 0.6) is 5.75 Å². The molecule has 0 aliphatic heterocycles. The van der Waals surface area contributed by atoms with E-state index >= 15 is 0 Å². The fourth-order valence-corrected chi connectivity index (χ4v) is 1.44. The average molecular weight is 236 g/mol. The van der Waals surface area contributed by atoms with Crippen molar-refractivity contribution in [2.24, 2.45) is 5.73 Å². The number of carbonyl (C=O) groups is 1. The average Bonchev–Trinajstić information content (AvgIpc) is 2.37. The summed E-state index contributed by atoms with van der Waals surface area (Å²) in [6, 6.07) is 7.98. The minimum absolute atomic E-state index is 0.0435. The number of aryl methyl sites for hydroxylation is 1. The lowest BCUT2D eigenvalue weighted by Crippen LogP contribution is -2.35. The summed E-state index contributed by atoms with van der Waals surface area (Å²) < 4.78 is 5.58. The fourth-order valence-electron chi connectivity index (χ4n) is 1.44. The van der Waals surface area contributed by atoms with Crippen molar-refractivity contribution in [3.63, 3.8) is 0 Å². The second kappa shape index (κ2) is 6.91. The zero-order valence-electron chi connectivity index (χ0n) is 10.5. The van der Waals surface area contributed by atoms with Crippen LogP contribution in [-0.4, -0.2) is 37.6 Å². The molecule has 2 N–H and O–H groups in total. The molecule has 1 amide bonds. The van der Waals surface area contributed by atoms with Crippen molar-refractivity contribution >= 4 is 5.91 Å². The second-order valence-corrected chi connectivity index (χ2v) is 3.87. The standard InChI is InChI=1S/C13H20N2O2/c1-3-11-5-4-6-12(9-11)17-8-7-15(2)13(16)10-14/h4-6,9H,3,7-8,10,14H2,1-2H3. The Bertz CT molecular complexity index is 366. The van der Waals surface area contributed by atoms with E-state index in [1.54, 1.807) is 11.9 Å². The Morgan fingerprint density at radius 1 is 1.47 bits per heavy atom. The Labute approximate surface area is 102 Å². The molecule has 4 heteroatoms. The molecule has 0 unspecified atom stereocenters. The monoisotopic (exact) mass is 236 g/mol. The van der Waals surface area contributed by atoms with Gasteiger partial charge in [-0.15, -0.1) is 0 Å². The molecule has 1 rings (SSSR count). The smallest absolute Gasteiger partial charge is 0.236 e. The lowest BCUT2D eigenvalue weighted by molar-refractivity contribution is -0.128. The normalized spacial score (nSPS) is 10.1. The SMILES string of the molecule is CCc1cccc(OCCN(C)C(=O)CN)c1. The van der Waals surface area contributed by atoms with Gasteiger partial charge >= 0.3 is 0 Å². The fraction of sp³-hybridized carbons (Fsp3) is 0.462. The van der Waals surface area contributed by atoms with Crippen LogP contribution < -0.4 is 10.5 Å². The van der Waals surface area contributed by atoms with Gasteiger partial charge in [0.05, 0.1) is 13.1 Å². The second-order valence-electron chi connectivity index (χ2n) is 3.87. The first-order valence-electron chi connectivity index (χ1n) is 5.83. The first-order chi connectivity index (χ1) is 8.17. The zero-order valence-corrected chi connectivity index (χ0v) is 10.5. The quantitative estimate of drug-likeness (QED) is 0.803. The third-order valence-corrected chi connectivity index (χ3v) is 2.60. The molecule has 0 heterocycles. The van der Waals surface area contributed by atoms with Gasteiger partial charge in [-0.2, -0.15) is 0 Å². The highest BCUT2D eigenvalue weighted by molar-refractivity contribution is 5.77. The van der Waals surface area contributed by atoms with Gasteiger partial charge in [0.15, 0.2) is 0 Å². The molecular formula is C13H20N2O2. The van der Waals surface area contributed by atoms with E-state index in [2.05, 4.69) is 13.0 Å². The van der Waals surface area contributed by atoms with Crippen LogP contribution in [0.25, 0.3) is 0 Å². The summed E-state index contributed by atoms with van der Waals surface area (Å²) in [5, 5.41) is 0. The van der Waals surface area contributed by atoms with E-state index in [9.17, 15) is 4.79 Å². The summed E-state index contributed by atoms with van der Waals surface area (Å²) in [6.07, 6.45) is 0.989. The largest absolute Gasteiger partial charge is 0.492 e. The van der Waals surface area contributed by atoms with Crippen molar-refractivity contribution in [2.45, 2.75) is 13.3 Å². The van der Waals surface area contributed by atoms with Gasteiger partial charge < -0.3 is 15.4 Å². The molecule has 0 fully saturated rings. The maximum absolute atomic E-state index is 11.2. The van der Waals surface area contributed by atoms with E-state index in [0.717, 1.165) is 12.2 Å². The molecular weight excluding hydrogens is 216 g/mol. The first-order valence-corrected chi connectivity index (χ1v) is 5.83. The molecule has 1 aromatic rings. The Morgan fingerprint density at radius 2 is 2.24 bits per heavy atom. The summed E-state index contributed by atoms with van der Waals surface area (Å²) in [6.45, 7) is 3.18. The van der Waals surface area contributed by atoms with E-state index in [4.69, 9.17) is 10.5 Å². The minimum Gasteiger partial charge on any atom is -0.492 e. The van der Waals surface area contributed by atoms with Gasteiger partial charge in [0, 0.05) is 7.05 Å². The van der Waals surface area contributed by atoms with Crippen LogP contribution in [0, 0.1) is 0 Å². The summed E-state index contributed by atoms with van der Waals surface area (Å²) in [5.74, 6) is 0.772. The highest BCUT2D eigenvalue weighted by Crippen LogP contribution is 2.13. The molecule has 17 heavy (non-hydrogen) atoms. The van der Waals surface area contributed by atoms with Crippen LogP contribution in [0.3, 0.4) is 0 Å². The van der Waals surface area contributed by atoms with E-state index in [1.807, 2.05) is 18.2 Å². The maximum Gasteiger partial charge on any atom is 0.236 e. The number of ether oxygens (including phenoxy) is 1. The van der Waals surface area contributed by atoms with Gasteiger partial charge in [-0.1, -0.05) is 19.1 Å². The van der Waals surface area contributed by atoms with Crippen molar-refractivity contribution < 1.29 is 9.53 Å². The van der Waals surface area contributed by atoms with Crippen molar-refractivity contribution in [2.75, 3.05) is 26.7 Å². The third-order valence-electron chi connectivity index (χ3n) is 2.60. The third kappa shape index (κ3) is 4.44. The summed E-state index contributed by atoms with van der Waals surface area (Å²) >= 11 is 0. The summed E-state index contributed by atoms with van der Waals surface area (Å²) in [4.78, 5) is 12.8. The van der Waals surface area contributed by atoms with Crippen molar-refractivity contribution in [1.29, 1.82) is 0 Å². The number of rotatable bonds is 6. The Balaban J connectivity index is 2.37. The number of hydrogen-bond donors (Lipinski definition) is 1. The molecule has 0 atom stereocenters. The zero-order chi connectivity index (χ0) is 12.7. The molecule has 1 aromatic carbocycles. The van der Waals surface area contributed by atoms with Crippen LogP contribution in [0.4, 0.5) is 0 Å². The number of benzene rings is 1. The lowest BCUT2D eigenvalue weighted by Gasteiger charge is -2.16. The molecule has 0 aliphatic carbocycles. The highest BCUT2D eigenvalue weighted by atomic mass is 16.5. The number of carbonyl (C=O) groups excluding carboxylic acids is 1. The predicted octanol–water partition coefficient (Wildman–Crippen LogP) is 1.04. The van der Waals surface area contributed by atoms with Crippen LogP contribution in [0.15, 0.2) is 24.3 Å². The topological polar surface area (TPSA) is 55.6 Å². The molecule has 4 nitrogen and oxygen atoms in total. The van der Waals surface area contributed by atoms with Gasteiger partial charge in [0.25, 0.3) is 0 Å².